The van der Waals surface area contributed by atoms with Crippen molar-refractivity contribution < 1.29 is 19.7 Å². The molecule has 5 nitrogen and oxygen atoms in total. The molecule has 0 spiro atoms. The molecular weight excluding hydrogens is 458 g/mol. The van der Waals surface area contributed by atoms with E-state index in [0.29, 0.717) is 54.6 Å². The quantitative estimate of drug-likeness (QED) is 0.364. The van der Waals surface area contributed by atoms with Gasteiger partial charge in [-0.1, -0.05) is 34.1 Å². The smallest absolute Gasteiger partial charge is 0.407 e. The Morgan fingerprint density at radius 2 is 1.80 bits per heavy atom. The first-order valence-electron chi connectivity index (χ1n) is 14.4. The van der Waals surface area contributed by atoms with Gasteiger partial charge < -0.3 is 20.3 Å². The van der Waals surface area contributed by atoms with Crippen molar-refractivity contribution >= 4 is 17.9 Å². The summed E-state index contributed by atoms with van der Waals surface area (Å²) in [5, 5.41) is 25.1. The molecule has 4 aliphatic carbocycles. The molecule has 0 aromatic carbocycles. The van der Waals surface area contributed by atoms with E-state index in [1.54, 1.807) is 11.8 Å². The SMILES string of the molecule is CC[C@H]1[C@@H](O)[C@@H]2[C@H](CC[C@]3(C)[C@@H]([C@H](C)CCOC(=O)NCCSC)CC[C@@H]23)[C@@]2(C)CC[C@@H](O)C[C@@H]12. The molecule has 0 bridgehead atoms. The summed E-state index contributed by atoms with van der Waals surface area (Å²) in [5.41, 5.74) is 0.518. The third-order valence-corrected chi connectivity index (χ3v) is 12.1. The number of rotatable bonds is 8. The van der Waals surface area contributed by atoms with Gasteiger partial charge in [-0.05, 0) is 110 Å². The molecular formula is C29H51NO4S. The molecule has 35 heavy (non-hydrogen) atoms. The summed E-state index contributed by atoms with van der Waals surface area (Å²) in [6, 6.07) is 0. The Kier molecular flexibility index (Phi) is 8.75. The monoisotopic (exact) mass is 509 g/mol. The van der Waals surface area contributed by atoms with Crippen LogP contribution < -0.4 is 5.32 Å². The number of carbonyl (C=O) groups excluding carboxylic acids is 1. The van der Waals surface area contributed by atoms with Gasteiger partial charge in [0.15, 0.2) is 0 Å². The van der Waals surface area contributed by atoms with E-state index in [1.165, 1.54) is 25.7 Å². The first-order valence-corrected chi connectivity index (χ1v) is 15.8. The van der Waals surface area contributed by atoms with Gasteiger partial charge in [0.1, 0.15) is 0 Å². The van der Waals surface area contributed by atoms with Crippen LogP contribution >= 0.6 is 11.8 Å². The maximum atomic E-state index is 11.9. The number of amides is 1. The highest BCUT2D eigenvalue weighted by Gasteiger charge is 2.64. The Labute approximate surface area is 217 Å². The lowest BCUT2D eigenvalue weighted by Crippen LogP contribution is -2.62. The van der Waals surface area contributed by atoms with Crippen LogP contribution in [-0.4, -0.2) is 53.7 Å². The van der Waals surface area contributed by atoms with E-state index >= 15 is 0 Å². The Morgan fingerprint density at radius 3 is 2.51 bits per heavy atom. The van der Waals surface area contributed by atoms with Gasteiger partial charge in [0, 0.05) is 12.3 Å². The molecule has 0 aliphatic heterocycles. The van der Waals surface area contributed by atoms with Crippen molar-refractivity contribution in [3.63, 3.8) is 0 Å². The van der Waals surface area contributed by atoms with Gasteiger partial charge in [-0.2, -0.15) is 11.8 Å². The van der Waals surface area contributed by atoms with Crippen molar-refractivity contribution in [3.8, 4) is 0 Å². The lowest BCUT2D eigenvalue weighted by molar-refractivity contribution is -0.203. The minimum atomic E-state index is -0.293. The third kappa shape index (κ3) is 5.02. The highest BCUT2D eigenvalue weighted by atomic mass is 32.2. The second kappa shape index (κ2) is 11.1. The highest BCUT2D eigenvalue weighted by molar-refractivity contribution is 7.98. The van der Waals surface area contributed by atoms with Gasteiger partial charge in [0.05, 0.1) is 18.8 Å². The first kappa shape index (κ1) is 27.6. The fourth-order valence-corrected chi connectivity index (χ4v) is 10.1. The summed E-state index contributed by atoms with van der Waals surface area (Å²) in [4.78, 5) is 11.9. The number of thioether (sulfide) groups is 1. The topological polar surface area (TPSA) is 78.8 Å². The van der Waals surface area contributed by atoms with E-state index in [0.717, 1.165) is 37.9 Å². The molecule has 1 amide bonds. The summed E-state index contributed by atoms with van der Waals surface area (Å²) in [6.45, 7) is 10.8. The van der Waals surface area contributed by atoms with Crippen molar-refractivity contribution in [2.24, 2.45) is 52.3 Å². The number of aliphatic hydroxyl groups excluding tert-OH is 2. The van der Waals surface area contributed by atoms with Gasteiger partial charge in [-0.3, -0.25) is 0 Å². The van der Waals surface area contributed by atoms with Gasteiger partial charge >= 0.3 is 6.09 Å². The highest BCUT2D eigenvalue weighted by Crippen LogP contribution is 2.69. The van der Waals surface area contributed by atoms with Gasteiger partial charge in [-0.15, -0.1) is 0 Å². The van der Waals surface area contributed by atoms with Crippen molar-refractivity contribution in [2.45, 2.75) is 97.7 Å². The van der Waals surface area contributed by atoms with E-state index in [4.69, 9.17) is 4.74 Å². The largest absolute Gasteiger partial charge is 0.450 e. The maximum Gasteiger partial charge on any atom is 0.407 e. The Hall–Kier alpha value is -0.460. The number of aliphatic hydroxyl groups is 2. The van der Waals surface area contributed by atoms with Crippen LogP contribution in [0.15, 0.2) is 0 Å². The summed E-state index contributed by atoms with van der Waals surface area (Å²) >= 11 is 1.72. The van der Waals surface area contributed by atoms with Gasteiger partial charge in [0.2, 0.25) is 0 Å². The Bertz CT molecular complexity index is 735. The number of ether oxygens (including phenoxy) is 1. The molecule has 0 unspecified atom stereocenters. The van der Waals surface area contributed by atoms with E-state index in [9.17, 15) is 15.0 Å². The van der Waals surface area contributed by atoms with E-state index < -0.39 is 0 Å². The van der Waals surface area contributed by atoms with Crippen LogP contribution in [0.2, 0.25) is 0 Å². The van der Waals surface area contributed by atoms with Gasteiger partial charge in [0.25, 0.3) is 0 Å². The Balaban J connectivity index is 1.43. The summed E-state index contributed by atoms with van der Waals surface area (Å²) in [5.74, 6) is 4.36. The minimum absolute atomic E-state index is 0.189. The number of carbonyl (C=O) groups is 1. The average Bonchev–Trinajstić information content (AvgIpc) is 3.18. The molecule has 0 aromatic rings. The van der Waals surface area contributed by atoms with Crippen molar-refractivity contribution in [3.05, 3.63) is 0 Å². The summed E-state index contributed by atoms with van der Waals surface area (Å²) in [7, 11) is 0. The fraction of sp³-hybridized carbons (Fsp3) is 0.966. The van der Waals surface area contributed by atoms with Crippen LogP contribution in [0.25, 0.3) is 0 Å². The zero-order valence-electron chi connectivity index (χ0n) is 22.8. The molecule has 0 radical (unpaired) electrons. The molecule has 0 saturated heterocycles. The molecule has 6 heteroatoms. The number of fused-ring (bicyclic) bond motifs is 5. The van der Waals surface area contributed by atoms with Crippen LogP contribution in [-0.2, 0) is 4.74 Å². The second-order valence-electron chi connectivity index (χ2n) is 12.9. The standard InChI is InChI=1S/C29H51NO4S/c1-6-20-24-17-19(31)9-12-29(24,4)23-10-13-28(3)21(7-8-22(28)25(23)26(20)32)18(2)11-15-34-27(33)30-14-16-35-5/h18-26,31-32H,6-17H2,1-5H3,(H,30,33)/t18-,19-,20-,21-,22+,23+,24+,25+,26-,28-,29-/m1/s1. The van der Waals surface area contributed by atoms with E-state index in [1.807, 2.05) is 6.26 Å². The summed E-state index contributed by atoms with van der Waals surface area (Å²) < 4.78 is 5.48. The summed E-state index contributed by atoms with van der Waals surface area (Å²) in [6.07, 6.45) is 11.1. The van der Waals surface area contributed by atoms with Crippen molar-refractivity contribution in [1.82, 2.24) is 5.32 Å². The predicted molar refractivity (Wildman–Crippen MR) is 143 cm³/mol. The lowest BCUT2D eigenvalue weighted by Gasteiger charge is -2.64. The van der Waals surface area contributed by atoms with Crippen LogP contribution in [0.3, 0.4) is 0 Å². The van der Waals surface area contributed by atoms with E-state index in [2.05, 4.69) is 33.0 Å². The van der Waals surface area contributed by atoms with Crippen molar-refractivity contribution in [1.29, 1.82) is 0 Å². The molecule has 0 aromatic heterocycles. The number of alkyl carbamates (subject to hydrolysis) is 1. The maximum absolute atomic E-state index is 11.9. The zero-order chi connectivity index (χ0) is 25.4. The normalized spacial score (nSPS) is 45.7. The molecule has 4 saturated carbocycles. The van der Waals surface area contributed by atoms with Gasteiger partial charge in [-0.25, -0.2) is 4.79 Å². The lowest BCUT2D eigenvalue weighted by atomic mass is 9.41. The van der Waals surface area contributed by atoms with Crippen molar-refractivity contribution in [2.75, 3.05) is 25.2 Å². The number of nitrogens with one attached hydrogen (secondary N) is 1. The molecule has 11 atom stereocenters. The zero-order valence-corrected chi connectivity index (χ0v) is 23.6. The van der Waals surface area contributed by atoms with E-state index in [-0.39, 0.29) is 29.1 Å². The average molecular weight is 510 g/mol. The Morgan fingerprint density at radius 1 is 1.09 bits per heavy atom. The number of hydrogen-bond acceptors (Lipinski definition) is 5. The molecule has 202 valence electrons. The molecule has 4 fully saturated rings. The predicted octanol–water partition coefficient (Wildman–Crippen LogP) is 5.73. The molecule has 0 heterocycles. The number of hydrogen-bond donors (Lipinski definition) is 3. The van der Waals surface area contributed by atoms with Crippen LogP contribution in [0.1, 0.15) is 85.5 Å². The fourth-order valence-electron chi connectivity index (χ4n) is 9.78. The van der Waals surface area contributed by atoms with Crippen LogP contribution in [0, 0.1) is 52.3 Å². The molecule has 4 aliphatic rings. The second-order valence-corrected chi connectivity index (χ2v) is 13.9. The molecule has 4 rings (SSSR count). The first-order chi connectivity index (χ1) is 16.7. The van der Waals surface area contributed by atoms with Crippen LogP contribution in [0.5, 0.6) is 0 Å². The third-order valence-electron chi connectivity index (χ3n) is 11.5. The van der Waals surface area contributed by atoms with Crippen LogP contribution in [0.4, 0.5) is 4.79 Å². The molecule has 3 N–H and O–H groups in total. The minimum Gasteiger partial charge on any atom is -0.450 e.